The van der Waals surface area contributed by atoms with Crippen molar-refractivity contribution < 1.29 is 4.79 Å². The molecule has 0 saturated heterocycles. The van der Waals surface area contributed by atoms with Crippen molar-refractivity contribution in [2.45, 2.75) is 27.2 Å². The molecular formula is C12H20N4O. The third-order valence-electron chi connectivity index (χ3n) is 2.49. The summed E-state index contributed by atoms with van der Waals surface area (Å²) in [7, 11) is 0. The normalized spacial score (nSPS) is 10.1. The molecule has 0 aliphatic carbocycles. The number of carbonyl (C=O) groups is 1. The van der Waals surface area contributed by atoms with Crippen molar-refractivity contribution in [2.75, 3.05) is 25.0 Å². The second-order valence-corrected chi connectivity index (χ2v) is 3.69. The van der Waals surface area contributed by atoms with Crippen LogP contribution in [0.15, 0.2) is 12.4 Å². The van der Waals surface area contributed by atoms with Gasteiger partial charge < -0.3 is 10.2 Å². The fraction of sp³-hybridized carbons (Fsp3) is 0.583. The van der Waals surface area contributed by atoms with Gasteiger partial charge in [-0.15, -0.1) is 0 Å². The van der Waals surface area contributed by atoms with Crippen LogP contribution in [0.1, 0.15) is 37.7 Å². The highest BCUT2D eigenvalue weighted by atomic mass is 16.2. The molecule has 94 valence electrons. The Morgan fingerprint density at radius 1 is 1.29 bits per heavy atom. The summed E-state index contributed by atoms with van der Waals surface area (Å²) < 4.78 is 0. The molecule has 0 bridgehead atoms. The Morgan fingerprint density at radius 3 is 2.59 bits per heavy atom. The van der Waals surface area contributed by atoms with Gasteiger partial charge in [-0.2, -0.15) is 0 Å². The van der Waals surface area contributed by atoms with Gasteiger partial charge in [0.15, 0.2) is 0 Å². The van der Waals surface area contributed by atoms with Gasteiger partial charge in [0.2, 0.25) is 0 Å². The van der Waals surface area contributed by atoms with E-state index in [1.54, 1.807) is 11.0 Å². The lowest BCUT2D eigenvalue weighted by atomic mass is 10.3. The topological polar surface area (TPSA) is 58.1 Å². The number of aromatic nitrogens is 2. The lowest BCUT2D eigenvalue weighted by Crippen LogP contribution is -2.31. The zero-order valence-corrected chi connectivity index (χ0v) is 10.7. The van der Waals surface area contributed by atoms with E-state index < -0.39 is 0 Å². The molecule has 1 rings (SSSR count). The first-order valence-electron chi connectivity index (χ1n) is 6.08. The van der Waals surface area contributed by atoms with Crippen LogP contribution in [0.25, 0.3) is 0 Å². The van der Waals surface area contributed by atoms with Gasteiger partial charge in [0.1, 0.15) is 17.8 Å². The first-order chi connectivity index (χ1) is 8.22. The molecule has 0 aliphatic rings. The molecule has 0 spiro atoms. The van der Waals surface area contributed by atoms with Gasteiger partial charge in [-0.25, -0.2) is 9.97 Å². The van der Waals surface area contributed by atoms with Crippen LogP contribution in [-0.2, 0) is 0 Å². The molecule has 1 heterocycles. The number of carbonyl (C=O) groups excluding carboxylic acids is 1. The number of hydrogen-bond donors (Lipinski definition) is 1. The van der Waals surface area contributed by atoms with E-state index in [-0.39, 0.29) is 5.91 Å². The summed E-state index contributed by atoms with van der Waals surface area (Å²) in [6.07, 6.45) is 2.44. The van der Waals surface area contributed by atoms with E-state index in [2.05, 4.69) is 22.2 Å². The van der Waals surface area contributed by atoms with Crippen LogP contribution >= 0.6 is 0 Å². The molecule has 0 aliphatic heterocycles. The summed E-state index contributed by atoms with van der Waals surface area (Å²) in [6.45, 7) is 8.22. The highest BCUT2D eigenvalue weighted by molar-refractivity contribution is 5.92. The lowest BCUT2D eigenvalue weighted by Gasteiger charge is -2.18. The first-order valence-corrected chi connectivity index (χ1v) is 6.08. The van der Waals surface area contributed by atoms with E-state index in [1.807, 2.05) is 13.8 Å². The molecule has 0 fully saturated rings. The van der Waals surface area contributed by atoms with Crippen molar-refractivity contribution in [3.05, 3.63) is 18.1 Å². The van der Waals surface area contributed by atoms with Crippen molar-refractivity contribution in [1.29, 1.82) is 0 Å². The van der Waals surface area contributed by atoms with Crippen molar-refractivity contribution >= 4 is 11.7 Å². The summed E-state index contributed by atoms with van der Waals surface area (Å²) in [5, 5.41) is 3.14. The monoisotopic (exact) mass is 236 g/mol. The molecule has 1 amide bonds. The highest BCUT2D eigenvalue weighted by Gasteiger charge is 2.14. The quantitative estimate of drug-likeness (QED) is 0.818. The Labute approximate surface area is 102 Å². The second kappa shape index (κ2) is 6.83. The number of nitrogens with zero attached hydrogens (tertiary/aromatic N) is 3. The fourth-order valence-electron chi connectivity index (χ4n) is 1.50. The van der Waals surface area contributed by atoms with Gasteiger partial charge >= 0.3 is 0 Å². The molecule has 1 aromatic rings. The average Bonchev–Trinajstić information content (AvgIpc) is 2.38. The standard InChI is InChI=1S/C12H20N4O/c1-4-7-13-11-8-10(14-9-15-11)12(17)16(5-2)6-3/h8-9H,4-7H2,1-3H3,(H,13,14,15). The zero-order valence-electron chi connectivity index (χ0n) is 10.7. The van der Waals surface area contributed by atoms with Crippen LogP contribution < -0.4 is 5.32 Å². The maximum absolute atomic E-state index is 12.0. The second-order valence-electron chi connectivity index (χ2n) is 3.69. The van der Waals surface area contributed by atoms with Crippen molar-refractivity contribution in [3.8, 4) is 0 Å². The van der Waals surface area contributed by atoms with E-state index in [1.165, 1.54) is 6.33 Å². The molecule has 1 N–H and O–H groups in total. The minimum Gasteiger partial charge on any atom is -0.370 e. The number of nitrogens with one attached hydrogen (secondary N) is 1. The number of rotatable bonds is 6. The van der Waals surface area contributed by atoms with E-state index in [0.29, 0.717) is 24.6 Å². The molecular weight excluding hydrogens is 216 g/mol. The minimum atomic E-state index is -0.0445. The maximum atomic E-state index is 12.0. The molecule has 5 heteroatoms. The van der Waals surface area contributed by atoms with Crippen LogP contribution in [0.3, 0.4) is 0 Å². The maximum Gasteiger partial charge on any atom is 0.272 e. The SMILES string of the molecule is CCCNc1cc(C(=O)N(CC)CC)ncn1. The summed E-state index contributed by atoms with van der Waals surface area (Å²) in [5.74, 6) is 0.661. The van der Waals surface area contributed by atoms with Crippen molar-refractivity contribution in [2.24, 2.45) is 0 Å². The van der Waals surface area contributed by atoms with Crippen LogP contribution in [0, 0.1) is 0 Å². The van der Waals surface area contributed by atoms with Crippen molar-refractivity contribution in [3.63, 3.8) is 0 Å². The zero-order chi connectivity index (χ0) is 12.7. The number of amides is 1. The van der Waals surface area contributed by atoms with E-state index in [0.717, 1.165) is 13.0 Å². The molecule has 0 unspecified atom stereocenters. The van der Waals surface area contributed by atoms with Gasteiger partial charge in [-0.3, -0.25) is 4.79 Å². The Kier molecular flexibility index (Phi) is 5.39. The highest BCUT2D eigenvalue weighted by Crippen LogP contribution is 2.07. The Morgan fingerprint density at radius 2 is 2.00 bits per heavy atom. The molecule has 0 atom stereocenters. The first kappa shape index (κ1) is 13.4. The summed E-state index contributed by atoms with van der Waals surface area (Å²) in [6, 6.07) is 1.70. The molecule has 0 aromatic carbocycles. The third kappa shape index (κ3) is 3.69. The van der Waals surface area contributed by atoms with Gasteiger partial charge in [0, 0.05) is 25.7 Å². The van der Waals surface area contributed by atoms with Crippen LogP contribution in [0.4, 0.5) is 5.82 Å². The predicted molar refractivity (Wildman–Crippen MR) is 68.1 cm³/mol. The van der Waals surface area contributed by atoms with Crippen LogP contribution in [0.5, 0.6) is 0 Å². The molecule has 0 saturated carbocycles. The largest absolute Gasteiger partial charge is 0.370 e. The number of hydrogen-bond acceptors (Lipinski definition) is 4. The average molecular weight is 236 g/mol. The van der Waals surface area contributed by atoms with E-state index in [4.69, 9.17) is 0 Å². The summed E-state index contributed by atoms with van der Waals surface area (Å²) in [4.78, 5) is 21.9. The van der Waals surface area contributed by atoms with Gasteiger partial charge in [0.05, 0.1) is 0 Å². The van der Waals surface area contributed by atoms with Crippen LogP contribution in [0.2, 0.25) is 0 Å². The summed E-state index contributed by atoms with van der Waals surface area (Å²) >= 11 is 0. The van der Waals surface area contributed by atoms with Gasteiger partial charge in [-0.1, -0.05) is 6.92 Å². The Balaban J connectivity index is 2.79. The summed E-state index contributed by atoms with van der Waals surface area (Å²) in [5.41, 5.74) is 0.447. The molecule has 1 aromatic heterocycles. The van der Waals surface area contributed by atoms with E-state index in [9.17, 15) is 4.79 Å². The number of anilines is 1. The Bertz CT molecular complexity index is 363. The van der Waals surface area contributed by atoms with Crippen LogP contribution in [-0.4, -0.2) is 40.4 Å². The molecule has 17 heavy (non-hydrogen) atoms. The predicted octanol–water partition coefficient (Wildman–Crippen LogP) is 1.78. The van der Waals surface area contributed by atoms with Gasteiger partial charge in [0.25, 0.3) is 5.91 Å². The van der Waals surface area contributed by atoms with Gasteiger partial charge in [-0.05, 0) is 20.3 Å². The molecule has 0 radical (unpaired) electrons. The smallest absolute Gasteiger partial charge is 0.272 e. The fourth-order valence-corrected chi connectivity index (χ4v) is 1.50. The Hall–Kier alpha value is -1.65. The third-order valence-corrected chi connectivity index (χ3v) is 2.49. The lowest BCUT2D eigenvalue weighted by molar-refractivity contribution is 0.0767. The molecule has 5 nitrogen and oxygen atoms in total. The van der Waals surface area contributed by atoms with E-state index >= 15 is 0 Å². The minimum absolute atomic E-state index is 0.0445. The van der Waals surface area contributed by atoms with Crippen molar-refractivity contribution in [1.82, 2.24) is 14.9 Å².